The van der Waals surface area contributed by atoms with E-state index in [1.807, 2.05) is 17.5 Å². The molecule has 0 unspecified atom stereocenters. The average Bonchev–Trinajstić information content (AvgIpc) is 3.25. The van der Waals surface area contributed by atoms with Crippen LogP contribution in [0.1, 0.15) is 44.7 Å². The first-order valence-corrected chi connectivity index (χ1v) is 9.26. The van der Waals surface area contributed by atoms with E-state index in [1.165, 1.54) is 32.1 Å². The summed E-state index contributed by atoms with van der Waals surface area (Å²) in [6.07, 6.45) is 8.14. The Morgan fingerprint density at radius 1 is 1.38 bits per heavy atom. The number of thiophene rings is 1. The Kier molecular flexibility index (Phi) is 8.04. The van der Waals surface area contributed by atoms with Gasteiger partial charge in [-0.05, 0) is 31.2 Å². The van der Waals surface area contributed by atoms with Crippen LogP contribution in [0.15, 0.2) is 33.2 Å². The van der Waals surface area contributed by atoms with Crippen molar-refractivity contribution in [2.75, 3.05) is 6.54 Å². The molecule has 0 atom stereocenters. The fourth-order valence-electron chi connectivity index (χ4n) is 2.81. The van der Waals surface area contributed by atoms with Gasteiger partial charge in [0.1, 0.15) is 12.0 Å². The third-order valence-electron chi connectivity index (χ3n) is 3.97. The molecule has 0 aromatic carbocycles. The van der Waals surface area contributed by atoms with Crippen LogP contribution in [0, 0.1) is 0 Å². The van der Waals surface area contributed by atoms with Crippen LogP contribution >= 0.6 is 35.3 Å². The molecule has 0 saturated heterocycles. The van der Waals surface area contributed by atoms with Crippen molar-refractivity contribution in [3.05, 3.63) is 29.5 Å². The van der Waals surface area contributed by atoms with Gasteiger partial charge in [0.2, 0.25) is 5.89 Å². The van der Waals surface area contributed by atoms with Crippen molar-refractivity contribution in [2.45, 2.75) is 51.6 Å². The van der Waals surface area contributed by atoms with Crippen molar-refractivity contribution in [3.63, 3.8) is 0 Å². The molecule has 0 spiro atoms. The van der Waals surface area contributed by atoms with Gasteiger partial charge in [-0.3, -0.25) is 0 Å². The van der Waals surface area contributed by atoms with Crippen LogP contribution < -0.4 is 10.6 Å². The predicted molar refractivity (Wildman–Crippen MR) is 110 cm³/mol. The molecule has 1 saturated carbocycles. The highest BCUT2D eigenvalue weighted by molar-refractivity contribution is 14.0. The predicted octanol–water partition coefficient (Wildman–Crippen LogP) is 4.41. The summed E-state index contributed by atoms with van der Waals surface area (Å²) >= 11 is 1.63. The number of hydrogen-bond acceptors (Lipinski definition) is 4. The van der Waals surface area contributed by atoms with E-state index in [2.05, 4.69) is 27.5 Å². The lowest BCUT2D eigenvalue weighted by Gasteiger charge is -2.24. The first-order valence-electron chi connectivity index (χ1n) is 8.38. The maximum absolute atomic E-state index is 5.54. The Hall–Kier alpha value is -1.09. The van der Waals surface area contributed by atoms with Gasteiger partial charge in [-0.2, -0.15) is 0 Å². The second kappa shape index (κ2) is 10.0. The number of halogens is 1. The number of hydrogen-bond donors (Lipinski definition) is 2. The van der Waals surface area contributed by atoms with Gasteiger partial charge in [0, 0.05) is 12.6 Å². The van der Waals surface area contributed by atoms with Crippen molar-refractivity contribution in [1.82, 2.24) is 15.6 Å². The molecule has 2 aromatic rings. The third-order valence-corrected chi connectivity index (χ3v) is 4.83. The quantitative estimate of drug-likeness (QED) is 0.394. The number of nitrogens with zero attached hydrogens (tertiary/aromatic N) is 2. The monoisotopic (exact) mass is 460 g/mol. The van der Waals surface area contributed by atoms with Gasteiger partial charge < -0.3 is 15.1 Å². The number of rotatable bonds is 5. The van der Waals surface area contributed by atoms with E-state index in [0.717, 1.165) is 23.1 Å². The van der Waals surface area contributed by atoms with E-state index in [0.29, 0.717) is 18.5 Å². The smallest absolute Gasteiger partial charge is 0.236 e. The molecule has 1 aliphatic rings. The van der Waals surface area contributed by atoms with Crippen molar-refractivity contribution >= 4 is 41.3 Å². The maximum atomic E-state index is 5.54. The van der Waals surface area contributed by atoms with Gasteiger partial charge in [-0.25, -0.2) is 9.98 Å². The Labute approximate surface area is 164 Å². The molecule has 3 rings (SSSR count). The van der Waals surface area contributed by atoms with E-state index in [-0.39, 0.29) is 24.0 Å². The Bertz CT molecular complexity index is 620. The molecule has 0 radical (unpaired) electrons. The lowest BCUT2D eigenvalue weighted by Crippen LogP contribution is -2.44. The molecule has 7 heteroatoms. The fourth-order valence-corrected chi connectivity index (χ4v) is 3.47. The maximum Gasteiger partial charge on any atom is 0.236 e. The lowest BCUT2D eigenvalue weighted by molar-refractivity contribution is 0.410. The van der Waals surface area contributed by atoms with Crippen LogP contribution in [0.2, 0.25) is 0 Å². The van der Waals surface area contributed by atoms with Gasteiger partial charge in [-0.15, -0.1) is 35.3 Å². The highest BCUT2D eigenvalue weighted by Crippen LogP contribution is 2.23. The van der Waals surface area contributed by atoms with Crippen LogP contribution in [-0.2, 0) is 6.54 Å². The number of aliphatic imine (C=N–C) groups is 1. The normalized spacial score (nSPS) is 15.8. The molecule has 5 nitrogen and oxygen atoms in total. The lowest BCUT2D eigenvalue weighted by atomic mass is 9.96. The first kappa shape index (κ1) is 19.2. The molecule has 0 aliphatic heterocycles. The van der Waals surface area contributed by atoms with E-state index in [9.17, 15) is 0 Å². The molecule has 1 aliphatic carbocycles. The molecular weight excluding hydrogens is 435 g/mol. The summed E-state index contributed by atoms with van der Waals surface area (Å²) < 4.78 is 5.54. The Balaban J connectivity index is 0.00000208. The van der Waals surface area contributed by atoms with Crippen molar-refractivity contribution in [1.29, 1.82) is 0 Å². The number of aromatic nitrogens is 1. The molecule has 2 N–H and O–H groups in total. The molecule has 24 heavy (non-hydrogen) atoms. The van der Waals surface area contributed by atoms with Gasteiger partial charge in [0.05, 0.1) is 11.4 Å². The van der Waals surface area contributed by atoms with Crippen LogP contribution in [0.3, 0.4) is 0 Å². The van der Waals surface area contributed by atoms with E-state index in [4.69, 9.17) is 4.42 Å². The van der Waals surface area contributed by atoms with E-state index >= 15 is 0 Å². The summed E-state index contributed by atoms with van der Waals surface area (Å²) in [4.78, 5) is 10.2. The highest BCUT2D eigenvalue weighted by Gasteiger charge is 2.14. The van der Waals surface area contributed by atoms with Crippen molar-refractivity contribution in [2.24, 2.45) is 4.99 Å². The van der Waals surface area contributed by atoms with Gasteiger partial charge >= 0.3 is 0 Å². The minimum Gasteiger partial charge on any atom is -0.443 e. The third kappa shape index (κ3) is 5.47. The molecule has 2 aromatic heterocycles. The standard InChI is InChI=1S/C17H24N4OS.HI/c1-2-18-17(21-13-7-4-3-5-8-13)19-11-14-12-22-16(20-14)15-9-6-10-23-15;/h6,9-10,12-13H,2-5,7-8,11H2,1H3,(H2,18,19,21);1H. The molecule has 0 bridgehead atoms. The van der Waals surface area contributed by atoms with E-state index < -0.39 is 0 Å². The van der Waals surface area contributed by atoms with Crippen LogP contribution in [0.5, 0.6) is 0 Å². The zero-order valence-electron chi connectivity index (χ0n) is 14.0. The van der Waals surface area contributed by atoms with Crippen LogP contribution in [0.25, 0.3) is 10.8 Å². The van der Waals surface area contributed by atoms with Gasteiger partial charge in [0.15, 0.2) is 5.96 Å². The second-order valence-corrected chi connectivity index (χ2v) is 6.74. The number of nitrogens with one attached hydrogen (secondary N) is 2. The summed E-state index contributed by atoms with van der Waals surface area (Å²) in [5.74, 6) is 1.55. The summed E-state index contributed by atoms with van der Waals surface area (Å²) in [7, 11) is 0. The summed E-state index contributed by atoms with van der Waals surface area (Å²) in [6, 6.07) is 4.55. The summed E-state index contributed by atoms with van der Waals surface area (Å²) in [6.45, 7) is 3.47. The first-order chi connectivity index (χ1) is 11.3. The zero-order chi connectivity index (χ0) is 15.9. The molecule has 1 fully saturated rings. The van der Waals surface area contributed by atoms with Gasteiger partial charge in [0.25, 0.3) is 0 Å². The highest BCUT2D eigenvalue weighted by atomic mass is 127. The molecular formula is C17H25IN4OS. The minimum atomic E-state index is 0. The number of guanidine groups is 1. The van der Waals surface area contributed by atoms with Crippen LogP contribution in [0.4, 0.5) is 0 Å². The SMILES string of the molecule is CCNC(=NCc1coc(-c2cccs2)n1)NC1CCCCC1.I. The van der Waals surface area contributed by atoms with Crippen LogP contribution in [-0.4, -0.2) is 23.5 Å². The molecule has 132 valence electrons. The van der Waals surface area contributed by atoms with Crippen molar-refractivity contribution < 1.29 is 4.42 Å². The van der Waals surface area contributed by atoms with E-state index in [1.54, 1.807) is 17.6 Å². The minimum absolute atomic E-state index is 0. The Morgan fingerprint density at radius 3 is 2.92 bits per heavy atom. The average molecular weight is 460 g/mol. The molecule has 0 amide bonds. The second-order valence-electron chi connectivity index (χ2n) is 5.80. The molecule has 2 heterocycles. The van der Waals surface area contributed by atoms with Crippen molar-refractivity contribution in [3.8, 4) is 10.8 Å². The summed E-state index contributed by atoms with van der Waals surface area (Å²) in [5.41, 5.74) is 0.856. The topological polar surface area (TPSA) is 62.5 Å². The fraction of sp³-hybridized carbons (Fsp3) is 0.529. The number of oxazole rings is 1. The summed E-state index contributed by atoms with van der Waals surface area (Å²) in [5, 5.41) is 8.88. The Morgan fingerprint density at radius 2 is 2.21 bits per heavy atom. The van der Waals surface area contributed by atoms with Gasteiger partial charge in [-0.1, -0.05) is 25.3 Å². The zero-order valence-corrected chi connectivity index (χ0v) is 17.1. The largest absolute Gasteiger partial charge is 0.443 e.